The molecule has 16 heavy (non-hydrogen) atoms. The lowest BCUT2D eigenvalue weighted by Gasteiger charge is -2.06. The lowest BCUT2D eigenvalue weighted by atomic mass is 10.1. The van der Waals surface area contributed by atoms with Crippen LogP contribution in [0.1, 0.15) is 30.4 Å². The van der Waals surface area contributed by atoms with Crippen LogP contribution >= 0.6 is 15.9 Å². The van der Waals surface area contributed by atoms with Crippen molar-refractivity contribution in [3.63, 3.8) is 0 Å². The maximum absolute atomic E-state index is 8.63. The standard InChI is InChI=1S/C13H20BrNO/c1-11-9-12(5-6-13(11)14)10-15-7-3-2-4-8-16/h5-6,9,15-16H,2-4,7-8,10H2,1H3. The Morgan fingerprint density at radius 1 is 1.25 bits per heavy atom. The van der Waals surface area contributed by atoms with E-state index < -0.39 is 0 Å². The van der Waals surface area contributed by atoms with E-state index in [1.165, 1.54) is 15.6 Å². The number of aliphatic hydroxyl groups excluding tert-OH is 1. The van der Waals surface area contributed by atoms with E-state index in [1.807, 2.05) is 0 Å². The summed E-state index contributed by atoms with van der Waals surface area (Å²) >= 11 is 3.50. The van der Waals surface area contributed by atoms with E-state index in [4.69, 9.17) is 5.11 Å². The van der Waals surface area contributed by atoms with Crippen LogP contribution in [-0.2, 0) is 6.54 Å². The van der Waals surface area contributed by atoms with Crippen LogP contribution in [0.4, 0.5) is 0 Å². The first-order chi connectivity index (χ1) is 7.74. The highest BCUT2D eigenvalue weighted by atomic mass is 79.9. The average Bonchev–Trinajstić information content (AvgIpc) is 2.28. The minimum atomic E-state index is 0.311. The minimum absolute atomic E-state index is 0.311. The molecule has 90 valence electrons. The molecule has 0 radical (unpaired) electrons. The number of nitrogens with one attached hydrogen (secondary N) is 1. The molecule has 0 bridgehead atoms. The molecule has 0 saturated carbocycles. The van der Waals surface area contributed by atoms with Gasteiger partial charge in [-0.15, -0.1) is 0 Å². The molecule has 1 aromatic rings. The van der Waals surface area contributed by atoms with Gasteiger partial charge < -0.3 is 10.4 Å². The number of hydrogen-bond donors (Lipinski definition) is 2. The maximum Gasteiger partial charge on any atom is 0.0431 e. The van der Waals surface area contributed by atoms with Gasteiger partial charge in [0, 0.05) is 17.6 Å². The Hall–Kier alpha value is -0.380. The van der Waals surface area contributed by atoms with Crippen LogP contribution in [0.25, 0.3) is 0 Å². The van der Waals surface area contributed by atoms with Crippen molar-refractivity contribution < 1.29 is 5.11 Å². The SMILES string of the molecule is Cc1cc(CNCCCCCO)ccc1Br. The molecule has 0 atom stereocenters. The molecule has 0 aliphatic heterocycles. The Morgan fingerprint density at radius 3 is 2.75 bits per heavy atom. The van der Waals surface area contributed by atoms with E-state index in [2.05, 4.69) is 46.4 Å². The molecule has 0 amide bonds. The normalized spacial score (nSPS) is 10.7. The van der Waals surface area contributed by atoms with E-state index in [0.29, 0.717) is 6.61 Å². The third-order valence-electron chi connectivity index (χ3n) is 2.56. The van der Waals surface area contributed by atoms with Gasteiger partial charge in [-0.25, -0.2) is 0 Å². The van der Waals surface area contributed by atoms with Crippen LogP contribution in [0.5, 0.6) is 0 Å². The van der Waals surface area contributed by atoms with Gasteiger partial charge in [0.1, 0.15) is 0 Å². The zero-order chi connectivity index (χ0) is 11.8. The molecule has 0 aliphatic rings. The number of rotatable bonds is 7. The average molecular weight is 286 g/mol. The predicted octanol–water partition coefficient (Wildman–Crippen LogP) is 3.01. The Balaban J connectivity index is 2.19. The van der Waals surface area contributed by atoms with Crippen molar-refractivity contribution in [1.82, 2.24) is 5.32 Å². The number of aryl methyl sites for hydroxylation is 1. The number of halogens is 1. The van der Waals surface area contributed by atoms with Gasteiger partial charge in [-0.2, -0.15) is 0 Å². The summed E-state index contributed by atoms with van der Waals surface area (Å²) < 4.78 is 1.17. The number of hydrogen-bond acceptors (Lipinski definition) is 2. The largest absolute Gasteiger partial charge is 0.396 e. The molecule has 0 aliphatic carbocycles. The van der Waals surface area contributed by atoms with E-state index in [9.17, 15) is 0 Å². The van der Waals surface area contributed by atoms with Crippen molar-refractivity contribution >= 4 is 15.9 Å². The van der Waals surface area contributed by atoms with Crippen LogP contribution in [-0.4, -0.2) is 18.3 Å². The zero-order valence-electron chi connectivity index (χ0n) is 9.80. The topological polar surface area (TPSA) is 32.3 Å². The van der Waals surface area contributed by atoms with Gasteiger partial charge >= 0.3 is 0 Å². The van der Waals surface area contributed by atoms with E-state index in [-0.39, 0.29) is 0 Å². The van der Waals surface area contributed by atoms with Gasteiger partial charge in [-0.05, 0) is 49.9 Å². The fourth-order valence-corrected chi connectivity index (χ4v) is 1.83. The summed E-state index contributed by atoms with van der Waals surface area (Å²) in [5, 5.41) is 12.0. The van der Waals surface area contributed by atoms with Gasteiger partial charge in [0.2, 0.25) is 0 Å². The molecule has 2 nitrogen and oxygen atoms in total. The Bertz CT molecular complexity index is 315. The summed E-state index contributed by atoms with van der Waals surface area (Å²) in [6.45, 7) is 4.36. The third-order valence-corrected chi connectivity index (χ3v) is 3.45. The van der Waals surface area contributed by atoms with Crippen molar-refractivity contribution in [2.45, 2.75) is 32.7 Å². The summed E-state index contributed by atoms with van der Waals surface area (Å²) in [6, 6.07) is 6.43. The molecule has 1 rings (SSSR count). The fourth-order valence-electron chi connectivity index (χ4n) is 1.59. The first-order valence-corrected chi connectivity index (χ1v) is 6.60. The quantitative estimate of drug-likeness (QED) is 0.755. The second-order valence-corrected chi connectivity index (χ2v) is 4.90. The second kappa shape index (κ2) is 7.82. The van der Waals surface area contributed by atoms with E-state index in [1.54, 1.807) is 0 Å². The molecule has 0 spiro atoms. The molecule has 0 saturated heterocycles. The Kier molecular flexibility index (Phi) is 6.69. The first-order valence-electron chi connectivity index (χ1n) is 5.80. The fraction of sp³-hybridized carbons (Fsp3) is 0.538. The van der Waals surface area contributed by atoms with Crippen LogP contribution in [0.2, 0.25) is 0 Å². The summed E-state index contributed by atoms with van der Waals surface area (Å²) in [4.78, 5) is 0. The monoisotopic (exact) mass is 285 g/mol. The molecule has 2 N–H and O–H groups in total. The van der Waals surface area contributed by atoms with Crippen molar-refractivity contribution in [1.29, 1.82) is 0 Å². The molecular formula is C13H20BrNO. The lowest BCUT2D eigenvalue weighted by Crippen LogP contribution is -2.14. The first kappa shape index (κ1) is 13.7. The van der Waals surface area contributed by atoms with Crippen molar-refractivity contribution in [3.05, 3.63) is 33.8 Å². The van der Waals surface area contributed by atoms with Crippen molar-refractivity contribution in [3.8, 4) is 0 Å². The molecule has 0 unspecified atom stereocenters. The number of benzene rings is 1. The molecule has 0 heterocycles. The van der Waals surface area contributed by atoms with Crippen LogP contribution in [0.15, 0.2) is 22.7 Å². The summed E-state index contributed by atoms with van der Waals surface area (Å²) in [5.74, 6) is 0. The second-order valence-electron chi connectivity index (χ2n) is 4.04. The minimum Gasteiger partial charge on any atom is -0.396 e. The molecular weight excluding hydrogens is 266 g/mol. The predicted molar refractivity (Wildman–Crippen MR) is 71.5 cm³/mol. The Labute approximate surface area is 106 Å². The highest BCUT2D eigenvalue weighted by Crippen LogP contribution is 2.16. The Morgan fingerprint density at radius 2 is 2.06 bits per heavy atom. The van der Waals surface area contributed by atoms with E-state index >= 15 is 0 Å². The third kappa shape index (κ3) is 5.10. The summed E-state index contributed by atoms with van der Waals surface area (Å²) in [6.07, 6.45) is 3.15. The summed E-state index contributed by atoms with van der Waals surface area (Å²) in [7, 11) is 0. The maximum atomic E-state index is 8.63. The molecule has 0 fully saturated rings. The van der Waals surface area contributed by atoms with Crippen molar-refractivity contribution in [2.24, 2.45) is 0 Å². The van der Waals surface area contributed by atoms with Crippen LogP contribution in [0.3, 0.4) is 0 Å². The number of aliphatic hydroxyl groups is 1. The van der Waals surface area contributed by atoms with Crippen LogP contribution < -0.4 is 5.32 Å². The molecule has 1 aromatic carbocycles. The van der Waals surface area contributed by atoms with Gasteiger partial charge in [-0.3, -0.25) is 0 Å². The highest BCUT2D eigenvalue weighted by molar-refractivity contribution is 9.10. The zero-order valence-corrected chi connectivity index (χ0v) is 11.4. The van der Waals surface area contributed by atoms with Gasteiger partial charge in [0.25, 0.3) is 0 Å². The van der Waals surface area contributed by atoms with E-state index in [0.717, 1.165) is 32.4 Å². The van der Waals surface area contributed by atoms with Gasteiger partial charge in [-0.1, -0.05) is 28.1 Å². The van der Waals surface area contributed by atoms with Crippen molar-refractivity contribution in [2.75, 3.05) is 13.2 Å². The van der Waals surface area contributed by atoms with Gasteiger partial charge in [0.15, 0.2) is 0 Å². The molecule has 0 aromatic heterocycles. The van der Waals surface area contributed by atoms with Gasteiger partial charge in [0.05, 0.1) is 0 Å². The summed E-state index contributed by atoms with van der Waals surface area (Å²) in [5.41, 5.74) is 2.60. The number of unbranched alkanes of at least 4 members (excludes halogenated alkanes) is 2. The van der Waals surface area contributed by atoms with Crippen LogP contribution in [0, 0.1) is 6.92 Å². The molecule has 3 heteroatoms. The smallest absolute Gasteiger partial charge is 0.0431 e. The highest BCUT2D eigenvalue weighted by Gasteiger charge is 1.97. The lowest BCUT2D eigenvalue weighted by molar-refractivity contribution is 0.283.